The summed E-state index contributed by atoms with van der Waals surface area (Å²) >= 11 is 0. The Morgan fingerprint density at radius 2 is 2.27 bits per heavy atom. The third-order valence-corrected chi connectivity index (χ3v) is 2.28. The zero-order valence-electron chi connectivity index (χ0n) is 6.96. The van der Waals surface area contributed by atoms with Crippen LogP contribution in [0.2, 0.25) is 0 Å². The Morgan fingerprint density at radius 3 is 2.55 bits per heavy atom. The van der Waals surface area contributed by atoms with Crippen LogP contribution in [0.25, 0.3) is 0 Å². The summed E-state index contributed by atoms with van der Waals surface area (Å²) < 4.78 is 4.95. The van der Waals surface area contributed by atoms with E-state index in [-0.39, 0.29) is 0 Å². The molecule has 0 aromatic rings. The molecule has 1 N–H and O–H groups in total. The molecular weight excluding hydrogens is 144 g/mol. The van der Waals surface area contributed by atoms with E-state index in [1.54, 1.807) is 6.92 Å². The first-order chi connectivity index (χ1) is 5.08. The maximum absolute atomic E-state index is 10.7. The van der Waals surface area contributed by atoms with Gasteiger partial charge in [0.1, 0.15) is 0 Å². The van der Waals surface area contributed by atoms with Crippen LogP contribution in [0.15, 0.2) is 0 Å². The van der Waals surface area contributed by atoms with Gasteiger partial charge in [-0.2, -0.15) is 0 Å². The third kappa shape index (κ3) is 1.93. The summed E-state index contributed by atoms with van der Waals surface area (Å²) in [5, 5.41) is 8.78. The lowest BCUT2D eigenvalue weighted by atomic mass is 9.99. The second-order valence-electron chi connectivity index (χ2n) is 3.39. The molecule has 0 bridgehead atoms. The minimum absolute atomic E-state index is 0.580. The van der Waals surface area contributed by atoms with E-state index in [9.17, 15) is 4.79 Å². The van der Waals surface area contributed by atoms with Crippen molar-refractivity contribution >= 4 is 5.97 Å². The summed E-state index contributed by atoms with van der Waals surface area (Å²) in [6, 6.07) is 0. The van der Waals surface area contributed by atoms with Gasteiger partial charge in [0.15, 0.2) is 5.60 Å². The van der Waals surface area contributed by atoms with E-state index in [2.05, 4.69) is 0 Å². The van der Waals surface area contributed by atoms with Crippen LogP contribution in [0.5, 0.6) is 0 Å². The molecule has 0 radical (unpaired) electrons. The van der Waals surface area contributed by atoms with Gasteiger partial charge in [-0.3, -0.25) is 0 Å². The number of ether oxygens (including phenoxy) is 1. The fraction of sp³-hybridized carbons (Fsp3) is 0.875. The van der Waals surface area contributed by atoms with Crippen LogP contribution >= 0.6 is 0 Å². The summed E-state index contributed by atoms with van der Waals surface area (Å²) in [6.07, 6.45) is 2.97. The van der Waals surface area contributed by atoms with Gasteiger partial charge in [-0.25, -0.2) is 4.79 Å². The lowest BCUT2D eigenvalue weighted by Gasteiger charge is -2.22. The molecule has 1 fully saturated rings. The van der Waals surface area contributed by atoms with Gasteiger partial charge in [-0.05, 0) is 19.3 Å². The normalized spacial score (nSPS) is 22.7. The summed E-state index contributed by atoms with van der Waals surface area (Å²) in [5.41, 5.74) is -0.957. The predicted molar refractivity (Wildman–Crippen MR) is 40.4 cm³/mol. The van der Waals surface area contributed by atoms with Crippen LogP contribution in [-0.4, -0.2) is 23.8 Å². The van der Waals surface area contributed by atoms with E-state index in [0.29, 0.717) is 12.3 Å². The summed E-state index contributed by atoms with van der Waals surface area (Å²) in [4.78, 5) is 10.7. The van der Waals surface area contributed by atoms with Crippen molar-refractivity contribution in [3.8, 4) is 0 Å². The van der Waals surface area contributed by atoms with Crippen LogP contribution < -0.4 is 0 Å². The number of carboxylic acid groups (broad SMARTS) is 1. The average Bonchev–Trinajstić information content (AvgIpc) is 2.71. The first kappa shape index (κ1) is 8.53. The topological polar surface area (TPSA) is 46.5 Å². The predicted octanol–water partition coefficient (Wildman–Crippen LogP) is 1.28. The van der Waals surface area contributed by atoms with Crippen molar-refractivity contribution in [2.45, 2.75) is 31.8 Å². The maximum atomic E-state index is 10.7. The first-order valence-corrected chi connectivity index (χ1v) is 3.87. The average molecular weight is 158 g/mol. The lowest BCUT2D eigenvalue weighted by Crippen LogP contribution is -2.37. The molecule has 1 saturated carbocycles. The summed E-state index contributed by atoms with van der Waals surface area (Å²) in [5.74, 6) is -0.275. The number of hydrogen-bond donors (Lipinski definition) is 1. The Bertz CT molecular complexity index is 163. The monoisotopic (exact) mass is 158 g/mol. The fourth-order valence-corrected chi connectivity index (χ4v) is 1.13. The van der Waals surface area contributed by atoms with Crippen LogP contribution in [0, 0.1) is 5.92 Å². The van der Waals surface area contributed by atoms with Crippen molar-refractivity contribution in [2.75, 3.05) is 7.11 Å². The Balaban J connectivity index is 2.49. The molecule has 0 aromatic carbocycles. The minimum atomic E-state index is -0.957. The first-order valence-electron chi connectivity index (χ1n) is 3.87. The van der Waals surface area contributed by atoms with Crippen molar-refractivity contribution < 1.29 is 14.6 Å². The van der Waals surface area contributed by atoms with Crippen molar-refractivity contribution in [3.63, 3.8) is 0 Å². The molecule has 1 aliphatic carbocycles. The van der Waals surface area contributed by atoms with Crippen molar-refractivity contribution in [1.29, 1.82) is 0 Å². The van der Waals surface area contributed by atoms with E-state index in [1.807, 2.05) is 0 Å². The second kappa shape index (κ2) is 2.81. The largest absolute Gasteiger partial charge is 0.479 e. The van der Waals surface area contributed by atoms with Crippen LogP contribution in [-0.2, 0) is 9.53 Å². The molecule has 3 nitrogen and oxygen atoms in total. The molecule has 1 rings (SSSR count). The molecular formula is C8H14O3. The number of carboxylic acids is 1. The molecule has 0 aliphatic heterocycles. The van der Waals surface area contributed by atoms with Gasteiger partial charge in [-0.15, -0.1) is 0 Å². The molecule has 0 saturated heterocycles. The highest BCUT2D eigenvalue weighted by Crippen LogP contribution is 2.37. The van der Waals surface area contributed by atoms with Gasteiger partial charge in [0, 0.05) is 7.11 Å². The molecule has 11 heavy (non-hydrogen) atoms. The fourth-order valence-electron chi connectivity index (χ4n) is 1.13. The molecule has 0 unspecified atom stereocenters. The van der Waals surface area contributed by atoms with Gasteiger partial charge in [-0.1, -0.05) is 12.8 Å². The Kier molecular flexibility index (Phi) is 2.18. The Morgan fingerprint density at radius 1 is 1.73 bits per heavy atom. The molecule has 0 amide bonds. The maximum Gasteiger partial charge on any atom is 0.335 e. The van der Waals surface area contributed by atoms with Crippen molar-refractivity contribution in [2.24, 2.45) is 5.92 Å². The SMILES string of the molecule is CO[C@](C)(CC1CC1)C(=O)O. The van der Waals surface area contributed by atoms with Gasteiger partial charge >= 0.3 is 5.97 Å². The second-order valence-corrected chi connectivity index (χ2v) is 3.39. The summed E-state index contributed by atoms with van der Waals surface area (Å²) in [6.45, 7) is 1.63. The molecule has 0 heterocycles. The van der Waals surface area contributed by atoms with Crippen LogP contribution in [0.1, 0.15) is 26.2 Å². The van der Waals surface area contributed by atoms with Gasteiger partial charge < -0.3 is 9.84 Å². The number of aliphatic carboxylic acids is 1. The van der Waals surface area contributed by atoms with Crippen LogP contribution in [0.4, 0.5) is 0 Å². The third-order valence-electron chi connectivity index (χ3n) is 2.28. The number of carbonyl (C=O) groups is 1. The zero-order chi connectivity index (χ0) is 8.48. The molecule has 0 aromatic heterocycles. The van der Waals surface area contributed by atoms with E-state index in [4.69, 9.17) is 9.84 Å². The standard InChI is InChI=1S/C8H14O3/c1-8(11-2,7(9)10)5-6-3-4-6/h6H,3-5H2,1-2H3,(H,9,10)/t8-/m1/s1. The van der Waals surface area contributed by atoms with E-state index >= 15 is 0 Å². The molecule has 1 aliphatic rings. The van der Waals surface area contributed by atoms with Gasteiger partial charge in [0.25, 0.3) is 0 Å². The zero-order valence-corrected chi connectivity index (χ0v) is 6.96. The summed E-state index contributed by atoms with van der Waals surface area (Å²) in [7, 11) is 1.45. The van der Waals surface area contributed by atoms with Gasteiger partial charge in [0.2, 0.25) is 0 Å². The Hall–Kier alpha value is -0.570. The quantitative estimate of drug-likeness (QED) is 0.670. The molecule has 64 valence electrons. The molecule has 1 atom stereocenters. The number of methoxy groups -OCH3 is 1. The van der Waals surface area contributed by atoms with E-state index in [0.717, 1.165) is 12.8 Å². The van der Waals surface area contributed by atoms with E-state index in [1.165, 1.54) is 7.11 Å². The highest BCUT2D eigenvalue weighted by molar-refractivity contribution is 5.76. The Labute approximate surface area is 66.4 Å². The van der Waals surface area contributed by atoms with Crippen molar-refractivity contribution in [3.05, 3.63) is 0 Å². The molecule has 0 spiro atoms. The minimum Gasteiger partial charge on any atom is -0.479 e. The lowest BCUT2D eigenvalue weighted by molar-refractivity contribution is -0.161. The highest BCUT2D eigenvalue weighted by Gasteiger charge is 2.39. The number of hydrogen-bond acceptors (Lipinski definition) is 2. The number of rotatable bonds is 4. The van der Waals surface area contributed by atoms with Crippen LogP contribution in [0.3, 0.4) is 0 Å². The van der Waals surface area contributed by atoms with E-state index < -0.39 is 11.6 Å². The highest BCUT2D eigenvalue weighted by atomic mass is 16.5. The van der Waals surface area contributed by atoms with Gasteiger partial charge in [0.05, 0.1) is 0 Å². The smallest absolute Gasteiger partial charge is 0.335 e. The molecule has 3 heteroatoms. The van der Waals surface area contributed by atoms with Crippen molar-refractivity contribution in [1.82, 2.24) is 0 Å².